The summed E-state index contributed by atoms with van der Waals surface area (Å²) in [5, 5.41) is 0. The topological polar surface area (TPSA) is 57.7 Å². The van der Waals surface area contributed by atoms with E-state index in [1.54, 1.807) is 0 Å². The Labute approximate surface area is 85.9 Å². The number of halogens is 1. The summed E-state index contributed by atoms with van der Waals surface area (Å²) in [4.78, 5) is 35.2. The van der Waals surface area contributed by atoms with E-state index in [9.17, 15) is 14.4 Å². The minimum atomic E-state index is -0.830. The fourth-order valence-corrected chi connectivity index (χ4v) is 1.10. The third kappa shape index (κ3) is 1.63. The molecule has 14 heavy (non-hydrogen) atoms. The van der Waals surface area contributed by atoms with Gasteiger partial charge in [-0.3, -0.25) is 19.4 Å². The Hall–Kier alpha value is -1.36. The number of likely N-dealkylation sites (N-methyl/N-ethyl adjacent to an activating group) is 1. The maximum Gasteiger partial charge on any atom is 0.334 e. The molecule has 1 fully saturated rings. The van der Waals surface area contributed by atoms with E-state index in [2.05, 4.69) is 6.58 Å². The first kappa shape index (κ1) is 10.7. The summed E-state index contributed by atoms with van der Waals surface area (Å²) in [5.41, 5.74) is 0.511. The Morgan fingerprint density at radius 3 is 2.29 bits per heavy atom. The zero-order valence-corrected chi connectivity index (χ0v) is 8.37. The van der Waals surface area contributed by atoms with Crippen molar-refractivity contribution in [3.8, 4) is 0 Å². The van der Waals surface area contributed by atoms with Crippen LogP contribution < -0.4 is 0 Å². The molecule has 0 saturated carbocycles. The van der Waals surface area contributed by atoms with Gasteiger partial charge in [-0.15, -0.1) is 11.6 Å². The summed E-state index contributed by atoms with van der Waals surface area (Å²) in [6.07, 6.45) is 0. The first-order valence-corrected chi connectivity index (χ1v) is 4.38. The van der Waals surface area contributed by atoms with Crippen molar-refractivity contribution in [1.82, 2.24) is 9.80 Å². The lowest BCUT2D eigenvalue weighted by Gasteiger charge is -2.12. The molecular weight excluding hydrogens is 208 g/mol. The molecule has 0 unspecified atom stereocenters. The van der Waals surface area contributed by atoms with Gasteiger partial charge in [-0.25, -0.2) is 4.79 Å². The number of hydrogen-bond acceptors (Lipinski definition) is 3. The summed E-state index contributed by atoms with van der Waals surface area (Å²) in [7, 11) is 1.26. The zero-order valence-electron chi connectivity index (χ0n) is 7.62. The van der Waals surface area contributed by atoms with E-state index in [0.29, 0.717) is 5.57 Å². The van der Waals surface area contributed by atoms with Gasteiger partial charge in [-0.1, -0.05) is 6.58 Å². The lowest BCUT2D eigenvalue weighted by Crippen LogP contribution is -2.33. The smallest absolute Gasteiger partial charge is 0.263 e. The normalized spacial score (nSPS) is 16.9. The van der Waals surface area contributed by atoms with E-state index in [4.69, 9.17) is 11.6 Å². The van der Waals surface area contributed by atoms with Gasteiger partial charge in [0.1, 0.15) is 0 Å². The lowest BCUT2D eigenvalue weighted by atomic mass is 10.3. The molecule has 0 N–H and O–H groups in total. The molecule has 5 nitrogen and oxygen atoms in total. The molecule has 0 aromatic rings. The highest BCUT2D eigenvalue weighted by molar-refractivity contribution is 6.44. The maximum atomic E-state index is 11.3. The van der Waals surface area contributed by atoms with Crippen LogP contribution in [-0.2, 0) is 9.59 Å². The molecule has 1 aliphatic rings. The average Bonchev–Trinajstić information content (AvgIpc) is 2.35. The Morgan fingerprint density at radius 2 is 1.93 bits per heavy atom. The second-order valence-electron chi connectivity index (χ2n) is 2.92. The monoisotopic (exact) mass is 216 g/mol. The van der Waals surface area contributed by atoms with Crippen molar-refractivity contribution in [1.29, 1.82) is 0 Å². The van der Waals surface area contributed by atoms with Crippen LogP contribution in [0.3, 0.4) is 0 Å². The van der Waals surface area contributed by atoms with Crippen molar-refractivity contribution in [3.05, 3.63) is 12.2 Å². The number of carbonyl (C=O) groups excluding carboxylic acids is 3. The fraction of sp³-hybridized carbons (Fsp3) is 0.375. The highest BCUT2D eigenvalue weighted by Gasteiger charge is 2.41. The van der Waals surface area contributed by atoms with Crippen LogP contribution >= 0.6 is 11.6 Å². The first-order valence-electron chi connectivity index (χ1n) is 3.85. The molecule has 1 aliphatic heterocycles. The van der Waals surface area contributed by atoms with Crippen LogP contribution in [0.1, 0.15) is 0 Å². The van der Waals surface area contributed by atoms with Crippen LogP contribution in [0.4, 0.5) is 4.79 Å². The molecule has 0 aromatic heterocycles. The standard InChI is InChI=1S/C8H9ClN2O3/c1-5(3-9)4-11-7(13)6(12)10(2)8(11)14/h1,3-4H2,2H3. The van der Waals surface area contributed by atoms with Gasteiger partial charge < -0.3 is 0 Å². The van der Waals surface area contributed by atoms with E-state index < -0.39 is 17.8 Å². The number of nitrogens with zero attached hydrogens (tertiary/aromatic N) is 2. The molecule has 76 valence electrons. The van der Waals surface area contributed by atoms with Crippen LogP contribution in [-0.4, -0.2) is 47.1 Å². The number of imide groups is 2. The van der Waals surface area contributed by atoms with Crippen LogP contribution in [0.25, 0.3) is 0 Å². The highest BCUT2D eigenvalue weighted by atomic mass is 35.5. The zero-order chi connectivity index (χ0) is 10.9. The van der Waals surface area contributed by atoms with Gasteiger partial charge in [0, 0.05) is 12.9 Å². The predicted molar refractivity (Wildman–Crippen MR) is 49.7 cm³/mol. The van der Waals surface area contributed by atoms with Crippen molar-refractivity contribution < 1.29 is 14.4 Å². The van der Waals surface area contributed by atoms with E-state index >= 15 is 0 Å². The Morgan fingerprint density at radius 1 is 1.36 bits per heavy atom. The van der Waals surface area contributed by atoms with Crippen LogP contribution in [0.2, 0.25) is 0 Å². The first-order chi connectivity index (χ1) is 6.49. The van der Waals surface area contributed by atoms with E-state index in [0.717, 1.165) is 9.80 Å². The van der Waals surface area contributed by atoms with Gasteiger partial charge in [-0.2, -0.15) is 0 Å². The molecule has 1 saturated heterocycles. The summed E-state index contributed by atoms with van der Waals surface area (Å²) in [6.45, 7) is 3.55. The quantitative estimate of drug-likeness (QED) is 0.293. The minimum absolute atomic E-state index is 0.00273. The molecule has 1 heterocycles. The number of urea groups is 1. The predicted octanol–water partition coefficient (Wildman–Crippen LogP) is 0.202. The van der Waals surface area contributed by atoms with Crippen molar-refractivity contribution >= 4 is 29.4 Å². The van der Waals surface area contributed by atoms with E-state index in [-0.39, 0.29) is 12.4 Å². The Kier molecular flexibility index (Phi) is 2.90. The van der Waals surface area contributed by atoms with Gasteiger partial charge >= 0.3 is 17.8 Å². The minimum Gasteiger partial charge on any atom is -0.263 e. The number of alkyl halides is 1. The van der Waals surface area contributed by atoms with Gasteiger partial charge in [0.05, 0.1) is 6.54 Å². The highest BCUT2D eigenvalue weighted by Crippen LogP contribution is 2.11. The Balaban J connectivity index is 2.80. The van der Waals surface area contributed by atoms with Crippen LogP contribution in [0.15, 0.2) is 12.2 Å². The molecule has 0 spiro atoms. The average molecular weight is 217 g/mol. The largest absolute Gasteiger partial charge is 0.334 e. The summed E-state index contributed by atoms with van der Waals surface area (Å²) in [5.74, 6) is -1.50. The molecule has 4 amide bonds. The third-order valence-electron chi connectivity index (χ3n) is 1.82. The second kappa shape index (κ2) is 3.79. The molecule has 0 bridgehead atoms. The van der Waals surface area contributed by atoms with Gasteiger partial charge in [0.15, 0.2) is 0 Å². The number of hydrogen-bond donors (Lipinski definition) is 0. The summed E-state index contributed by atoms with van der Waals surface area (Å²) in [6, 6.07) is -0.633. The maximum absolute atomic E-state index is 11.3. The second-order valence-corrected chi connectivity index (χ2v) is 3.19. The third-order valence-corrected chi connectivity index (χ3v) is 2.20. The number of amides is 4. The summed E-state index contributed by atoms with van der Waals surface area (Å²) >= 11 is 5.45. The van der Waals surface area contributed by atoms with Gasteiger partial charge in [0.2, 0.25) is 0 Å². The van der Waals surface area contributed by atoms with Crippen molar-refractivity contribution in [2.45, 2.75) is 0 Å². The van der Waals surface area contributed by atoms with E-state index in [1.165, 1.54) is 7.05 Å². The molecule has 1 rings (SSSR count). The molecular formula is C8H9ClN2O3. The lowest BCUT2D eigenvalue weighted by molar-refractivity contribution is -0.142. The molecule has 0 radical (unpaired) electrons. The van der Waals surface area contributed by atoms with Crippen molar-refractivity contribution in [2.24, 2.45) is 0 Å². The molecule has 0 aliphatic carbocycles. The molecule has 0 aromatic carbocycles. The number of carbonyl (C=O) groups is 3. The van der Waals surface area contributed by atoms with Crippen molar-refractivity contribution in [2.75, 3.05) is 19.5 Å². The van der Waals surface area contributed by atoms with Crippen LogP contribution in [0.5, 0.6) is 0 Å². The van der Waals surface area contributed by atoms with Gasteiger partial charge in [-0.05, 0) is 5.57 Å². The van der Waals surface area contributed by atoms with Crippen molar-refractivity contribution in [3.63, 3.8) is 0 Å². The number of rotatable bonds is 3. The fourth-order valence-electron chi connectivity index (χ4n) is 1.02. The SMILES string of the molecule is C=C(CCl)CN1C(=O)C(=O)N(C)C1=O. The van der Waals surface area contributed by atoms with Gasteiger partial charge in [0.25, 0.3) is 0 Å². The molecule has 6 heteroatoms. The summed E-state index contributed by atoms with van der Waals surface area (Å²) < 4.78 is 0. The molecule has 0 atom stereocenters. The Bertz CT molecular complexity index is 327. The van der Waals surface area contributed by atoms with E-state index in [1.807, 2.05) is 0 Å². The van der Waals surface area contributed by atoms with Crippen LogP contribution in [0, 0.1) is 0 Å².